The van der Waals surface area contributed by atoms with Crippen LogP contribution in [0.5, 0.6) is 0 Å². The van der Waals surface area contributed by atoms with Gasteiger partial charge < -0.3 is 10.4 Å². The van der Waals surface area contributed by atoms with Gasteiger partial charge in [-0.25, -0.2) is 0 Å². The van der Waals surface area contributed by atoms with Gasteiger partial charge in [-0.3, -0.25) is 30.0 Å². The van der Waals surface area contributed by atoms with Crippen LogP contribution in [0.1, 0.15) is 68.1 Å². The van der Waals surface area contributed by atoms with Gasteiger partial charge in [-0.15, -0.1) is 0 Å². The minimum atomic E-state index is -0.980. The van der Waals surface area contributed by atoms with E-state index in [1.807, 2.05) is 0 Å². The van der Waals surface area contributed by atoms with Gasteiger partial charge in [-0.1, -0.05) is 32.1 Å². The molecule has 162 valence electrons. The maximum absolute atomic E-state index is 12.3. The van der Waals surface area contributed by atoms with Gasteiger partial charge >= 0.3 is 5.97 Å². The second-order valence-corrected chi connectivity index (χ2v) is 8.18. The smallest absolute Gasteiger partial charge is 0.307 e. The zero-order valence-electron chi connectivity index (χ0n) is 17.0. The molecule has 0 heterocycles. The Morgan fingerprint density at radius 1 is 0.733 bits per heavy atom. The van der Waals surface area contributed by atoms with E-state index in [2.05, 4.69) is 16.2 Å². The number of hydrogen-bond acceptors (Lipinski definition) is 4. The number of nitrogens with one attached hydrogen (secondary N) is 3. The molecule has 0 radical (unpaired) electrons. The Morgan fingerprint density at radius 3 is 1.97 bits per heavy atom. The van der Waals surface area contributed by atoms with Gasteiger partial charge in [0, 0.05) is 17.2 Å². The Kier molecular flexibility index (Phi) is 7.43. The molecule has 2 atom stereocenters. The molecule has 2 saturated carbocycles. The average molecular weight is 415 g/mol. The number of rotatable bonds is 5. The number of hydrazine groups is 1. The molecule has 2 aliphatic carbocycles. The third kappa shape index (κ3) is 5.58. The van der Waals surface area contributed by atoms with Gasteiger partial charge in [-0.05, 0) is 49.9 Å². The molecule has 8 nitrogen and oxygen atoms in total. The normalized spacial score (nSPS) is 22.0. The second-order valence-electron chi connectivity index (χ2n) is 8.18. The van der Waals surface area contributed by atoms with Gasteiger partial charge in [0.25, 0.3) is 5.91 Å². The van der Waals surface area contributed by atoms with Crippen LogP contribution in [0, 0.1) is 17.8 Å². The highest BCUT2D eigenvalue weighted by molar-refractivity contribution is 5.97. The van der Waals surface area contributed by atoms with Crippen molar-refractivity contribution < 1.29 is 24.3 Å². The number of aliphatic carboxylic acids is 1. The van der Waals surface area contributed by atoms with Gasteiger partial charge in [0.05, 0.1) is 11.8 Å². The summed E-state index contributed by atoms with van der Waals surface area (Å²) in [5.74, 6) is -3.27. The van der Waals surface area contributed by atoms with Crippen molar-refractivity contribution in [1.82, 2.24) is 10.9 Å². The number of anilines is 1. The summed E-state index contributed by atoms with van der Waals surface area (Å²) < 4.78 is 0. The van der Waals surface area contributed by atoms with Crippen LogP contribution in [0.2, 0.25) is 0 Å². The SMILES string of the molecule is O=C(NNC(=O)[C@@H]1CCCC[C@@H]1C(=O)O)c1ccc(NC(=O)C2CCCCC2)cc1. The number of carboxylic acids is 1. The topological polar surface area (TPSA) is 125 Å². The van der Waals surface area contributed by atoms with Gasteiger partial charge in [0.1, 0.15) is 0 Å². The van der Waals surface area contributed by atoms with E-state index in [1.165, 1.54) is 6.42 Å². The van der Waals surface area contributed by atoms with Gasteiger partial charge in [-0.2, -0.15) is 0 Å². The van der Waals surface area contributed by atoms with Crippen LogP contribution in [0.15, 0.2) is 24.3 Å². The van der Waals surface area contributed by atoms with Crippen LogP contribution in [-0.4, -0.2) is 28.8 Å². The molecule has 1 aromatic rings. The van der Waals surface area contributed by atoms with Crippen molar-refractivity contribution in [2.75, 3.05) is 5.32 Å². The molecule has 3 amide bonds. The predicted molar refractivity (Wildman–Crippen MR) is 110 cm³/mol. The van der Waals surface area contributed by atoms with Crippen molar-refractivity contribution in [3.8, 4) is 0 Å². The fourth-order valence-electron chi connectivity index (χ4n) is 4.34. The van der Waals surface area contributed by atoms with Crippen molar-refractivity contribution >= 4 is 29.4 Å². The van der Waals surface area contributed by atoms with Crippen LogP contribution in [0.4, 0.5) is 5.69 Å². The van der Waals surface area contributed by atoms with E-state index < -0.39 is 29.6 Å². The first-order valence-corrected chi connectivity index (χ1v) is 10.7. The zero-order valence-corrected chi connectivity index (χ0v) is 17.0. The summed E-state index contributed by atoms with van der Waals surface area (Å²) in [6.07, 6.45) is 7.71. The summed E-state index contributed by atoms with van der Waals surface area (Å²) in [7, 11) is 0. The van der Waals surface area contributed by atoms with Crippen LogP contribution >= 0.6 is 0 Å². The van der Waals surface area contributed by atoms with E-state index in [9.17, 15) is 24.3 Å². The summed E-state index contributed by atoms with van der Waals surface area (Å²) in [4.78, 5) is 48.3. The Balaban J connectivity index is 1.50. The van der Waals surface area contributed by atoms with E-state index in [4.69, 9.17) is 0 Å². The number of amides is 3. The molecule has 0 bridgehead atoms. The Bertz CT molecular complexity index is 786. The summed E-state index contributed by atoms with van der Waals surface area (Å²) in [5.41, 5.74) is 5.65. The molecule has 0 aromatic heterocycles. The largest absolute Gasteiger partial charge is 0.481 e. The fraction of sp³-hybridized carbons (Fsp3) is 0.545. The molecule has 4 N–H and O–H groups in total. The number of carbonyl (C=O) groups excluding carboxylic acids is 3. The lowest BCUT2D eigenvalue weighted by molar-refractivity contribution is -0.149. The van der Waals surface area contributed by atoms with Gasteiger partial charge in [0.2, 0.25) is 11.8 Å². The molecule has 0 unspecified atom stereocenters. The Hall–Kier alpha value is -2.90. The third-order valence-electron chi connectivity index (χ3n) is 6.11. The van der Waals surface area contributed by atoms with E-state index in [0.29, 0.717) is 24.1 Å². The molecule has 8 heteroatoms. The zero-order chi connectivity index (χ0) is 21.5. The molecule has 0 aliphatic heterocycles. The Morgan fingerprint density at radius 2 is 1.33 bits per heavy atom. The lowest BCUT2D eigenvalue weighted by Gasteiger charge is -2.27. The maximum Gasteiger partial charge on any atom is 0.307 e. The van der Waals surface area contributed by atoms with Crippen molar-refractivity contribution in [1.29, 1.82) is 0 Å². The van der Waals surface area contributed by atoms with Crippen molar-refractivity contribution in [3.63, 3.8) is 0 Å². The van der Waals surface area contributed by atoms with Crippen LogP contribution < -0.4 is 16.2 Å². The standard InChI is InChI=1S/C22H29N3O5/c26-19(14-6-2-1-3-7-14)23-16-12-10-15(11-13-16)20(27)24-25-21(28)17-8-4-5-9-18(17)22(29)30/h10-14,17-18H,1-9H2,(H,23,26)(H,24,27)(H,25,28)(H,29,30)/t17-,18+/m1/s1. The number of carbonyl (C=O) groups is 4. The first kappa shape index (κ1) is 21.8. The summed E-state index contributed by atoms with van der Waals surface area (Å²) >= 11 is 0. The number of carboxylic acid groups (broad SMARTS) is 1. The molecule has 0 spiro atoms. The van der Waals surface area contributed by atoms with Gasteiger partial charge in [0.15, 0.2) is 0 Å². The molecule has 30 heavy (non-hydrogen) atoms. The Labute approximate surface area is 175 Å². The van der Waals surface area contributed by atoms with Crippen LogP contribution in [-0.2, 0) is 14.4 Å². The molecule has 2 fully saturated rings. The minimum Gasteiger partial charge on any atom is -0.481 e. The lowest BCUT2D eigenvalue weighted by atomic mass is 9.79. The third-order valence-corrected chi connectivity index (χ3v) is 6.11. The monoisotopic (exact) mass is 415 g/mol. The second kappa shape index (κ2) is 10.2. The molecular formula is C22H29N3O5. The summed E-state index contributed by atoms with van der Waals surface area (Å²) in [6.45, 7) is 0. The maximum atomic E-state index is 12.3. The minimum absolute atomic E-state index is 0.0135. The van der Waals surface area contributed by atoms with E-state index in [0.717, 1.165) is 38.5 Å². The lowest BCUT2D eigenvalue weighted by Crippen LogP contribution is -2.47. The molecule has 3 rings (SSSR count). The number of hydrogen-bond donors (Lipinski definition) is 4. The van der Waals surface area contributed by atoms with E-state index in [-0.39, 0.29) is 11.8 Å². The molecular weight excluding hydrogens is 386 g/mol. The fourth-order valence-corrected chi connectivity index (χ4v) is 4.34. The average Bonchev–Trinajstić information content (AvgIpc) is 2.78. The van der Waals surface area contributed by atoms with E-state index in [1.54, 1.807) is 24.3 Å². The van der Waals surface area contributed by atoms with E-state index >= 15 is 0 Å². The highest BCUT2D eigenvalue weighted by Gasteiger charge is 2.35. The predicted octanol–water partition coefficient (Wildman–Crippen LogP) is 2.86. The van der Waals surface area contributed by atoms with Crippen molar-refractivity contribution in [3.05, 3.63) is 29.8 Å². The first-order chi connectivity index (χ1) is 14.5. The van der Waals surface area contributed by atoms with Crippen molar-refractivity contribution in [2.45, 2.75) is 57.8 Å². The molecule has 0 saturated heterocycles. The van der Waals surface area contributed by atoms with Crippen LogP contribution in [0.25, 0.3) is 0 Å². The summed E-state index contributed by atoms with van der Waals surface area (Å²) in [6, 6.07) is 6.44. The highest BCUT2D eigenvalue weighted by Crippen LogP contribution is 2.30. The molecule has 1 aromatic carbocycles. The summed E-state index contributed by atoms with van der Waals surface area (Å²) in [5, 5.41) is 12.2. The van der Waals surface area contributed by atoms with Crippen LogP contribution in [0.3, 0.4) is 0 Å². The first-order valence-electron chi connectivity index (χ1n) is 10.7. The highest BCUT2D eigenvalue weighted by atomic mass is 16.4. The molecule has 2 aliphatic rings. The quantitative estimate of drug-likeness (QED) is 0.551. The number of benzene rings is 1. The van der Waals surface area contributed by atoms with Crippen molar-refractivity contribution in [2.24, 2.45) is 17.8 Å².